The first-order valence-electron chi connectivity index (χ1n) is 24.4. The van der Waals surface area contributed by atoms with Crippen molar-refractivity contribution in [1.82, 2.24) is 39.6 Å². The van der Waals surface area contributed by atoms with Gasteiger partial charge in [0.15, 0.2) is 0 Å². The third-order valence-electron chi connectivity index (χ3n) is 13.8. The molecule has 0 unspecified atom stereocenters. The number of halogens is 1. The van der Waals surface area contributed by atoms with Gasteiger partial charge in [0, 0.05) is 125 Å². The number of nitrogens with one attached hydrogen (secondary N) is 5. The maximum absolute atomic E-state index is 11.9. The largest absolute Gasteiger partial charge is 0.475 e. The lowest BCUT2D eigenvalue weighted by Gasteiger charge is -2.46. The molecule has 0 saturated heterocycles. The number of Topliss-reactive ketones (excluding diaryl/α,β-unsaturated/α-hetero) is 4. The third-order valence-corrected chi connectivity index (χ3v) is 14.0. The molecule has 0 bridgehead atoms. The molecule has 78 heavy (non-hydrogen) atoms. The molecule has 402 valence electrons. The Labute approximate surface area is 454 Å². The van der Waals surface area contributed by atoms with E-state index in [0.717, 1.165) is 32.8 Å². The summed E-state index contributed by atoms with van der Waals surface area (Å²) in [6.07, 6.45) is 8.23. The van der Waals surface area contributed by atoms with Crippen LogP contribution in [0.25, 0.3) is 54.5 Å². The first kappa shape index (κ1) is 58.1. The number of carboxylic acid groups (broad SMARTS) is 1. The minimum atomic E-state index is -1.44. The van der Waals surface area contributed by atoms with Gasteiger partial charge in [0.05, 0.1) is 22.3 Å². The van der Waals surface area contributed by atoms with Gasteiger partial charge in [-0.15, -0.1) is 0 Å². The maximum atomic E-state index is 11.9. The number of para-hydroxylation sites is 5. The number of benzene rings is 5. The van der Waals surface area contributed by atoms with Gasteiger partial charge in [0.2, 0.25) is 5.78 Å². The van der Waals surface area contributed by atoms with Crippen LogP contribution in [-0.2, 0) is 24.6 Å². The van der Waals surface area contributed by atoms with Crippen LogP contribution in [0.5, 0.6) is 0 Å². The van der Waals surface area contributed by atoms with E-state index in [4.69, 9.17) is 16.7 Å². The SMILES string of the molecule is CN(C)C(=O)C(=O)c1c[nH]c2ccccc12.CN(C)C(=O)C(=O)c1c[nH]c2ccccc12.CN(C)C(C)(C)C(C)(C)c1c[nH]c2ccccc12.O=C(Cl)C(=O)c1c[nH]c2ccccc12.O=C(O)C(=O)c1c[nH]c2ccccc12. The molecule has 0 fully saturated rings. The van der Waals surface area contributed by atoms with Crippen LogP contribution < -0.4 is 0 Å². The van der Waals surface area contributed by atoms with E-state index in [-0.39, 0.29) is 16.5 Å². The second-order valence-electron chi connectivity index (χ2n) is 19.6. The number of ketones is 4. The highest BCUT2D eigenvalue weighted by Crippen LogP contribution is 2.41. The zero-order valence-corrected chi connectivity index (χ0v) is 45.6. The Bertz CT molecular complexity index is 3650. The van der Waals surface area contributed by atoms with Crippen molar-refractivity contribution in [3.8, 4) is 0 Å². The summed E-state index contributed by atoms with van der Waals surface area (Å²) in [5, 5.41) is 11.8. The Balaban J connectivity index is 0.000000158. The minimum Gasteiger partial charge on any atom is -0.475 e. The molecule has 0 radical (unpaired) electrons. The van der Waals surface area contributed by atoms with E-state index in [1.807, 2.05) is 66.7 Å². The third kappa shape index (κ3) is 12.6. The number of carbonyl (C=O) groups excluding carboxylic acids is 7. The molecule has 17 nitrogen and oxygen atoms in total. The van der Waals surface area contributed by atoms with Gasteiger partial charge in [-0.25, -0.2) is 4.79 Å². The van der Waals surface area contributed by atoms with Crippen LogP contribution in [0.2, 0.25) is 0 Å². The second-order valence-corrected chi connectivity index (χ2v) is 20.0. The zero-order chi connectivity index (χ0) is 57.2. The normalized spacial score (nSPS) is 11.1. The number of rotatable bonds is 11. The Morgan fingerprint density at radius 1 is 0.397 bits per heavy atom. The van der Waals surface area contributed by atoms with Gasteiger partial charge >= 0.3 is 5.97 Å². The number of aromatic nitrogens is 5. The number of nitrogens with zero attached hydrogens (tertiary/aromatic N) is 3. The summed E-state index contributed by atoms with van der Waals surface area (Å²) < 4.78 is 0. The van der Waals surface area contributed by atoms with E-state index in [2.05, 4.69) is 102 Å². The molecule has 5 heterocycles. The molecule has 2 amide bonds. The lowest BCUT2D eigenvalue weighted by molar-refractivity contribution is -0.131. The smallest absolute Gasteiger partial charge is 0.377 e. The van der Waals surface area contributed by atoms with E-state index in [0.29, 0.717) is 27.5 Å². The Kier molecular flexibility index (Phi) is 18.4. The van der Waals surface area contributed by atoms with E-state index >= 15 is 0 Å². The van der Waals surface area contributed by atoms with Crippen molar-refractivity contribution in [2.75, 3.05) is 42.3 Å². The average molecular weight is 1070 g/mol. The number of carboxylic acids is 1. The van der Waals surface area contributed by atoms with Gasteiger partial charge < -0.3 is 44.7 Å². The summed E-state index contributed by atoms with van der Waals surface area (Å²) in [7, 11) is 10.6. The van der Waals surface area contributed by atoms with Gasteiger partial charge in [-0.1, -0.05) is 105 Å². The van der Waals surface area contributed by atoms with Crippen molar-refractivity contribution in [3.05, 3.63) is 180 Å². The van der Waals surface area contributed by atoms with E-state index in [9.17, 15) is 38.4 Å². The summed E-state index contributed by atoms with van der Waals surface area (Å²) in [4.78, 5) is 110. The Morgan fingerprint density at radius 2 is 0.667 bits per heavy atom. The van der Waals surface area contributed by atoms with Crippen LogP contribution in [0.4, 0.5) is 0 Å². The lowest BCUT2D eigenvalue weighted by atomic mass is 9.69. The molecule has 0 atom stereocenters. The van der Waals surface area contributed by atoms with Crippen molar-refractivity contribution in [3.63, 3.8) is 0 Å². The summed E-state index contributed by atoms with van der Waals surface area (Å²) in [6.45, 7) is 9.24. The fourth-order valence-corrected chi connectivity index (χ4v) is 8.47. The van der Waals surface area contributed by atoms with Gasteiger partial charge in [0.25, 0.3) is 34.4 Å². The Morgan fingerprint density at radius 3 is 0.962 bits per heavy atom. The van der Waals surface area contributed by atoms with Crippen LogP contribution in [0, 0.1) is 0 Å². The summed E-state index contributed by atoms with van der Waals surface area (Å²) in [5.74, 6) is -4.99. The molecule has 0 aliphatic heterocycles. The molecule has 10 aromatic rings. The van der Waals surface area contributed by atoms with Gasteiger partial charge in [0.1, 0.15) is 0 Å². The molecule has 0 aliphatic rings. The van der Waals surface area contributed by atoms with E-state index in [1.165, 1.54) is 38.7 Å². The van der Waals surface area contributed by atoms with Crippen LogP contribution in [0.3, 0.4) is 0 Å². The molecule has 6 N–H and O–H groups in total. The summed E-state index contributed by atoms with van der Waals surface area (Å²) in [5.41, 5.74) is 7.42. The predicted octanol–water partition coefficient (Wildman–Crippen LogP) is 10.2. The van der Waals surface area contributed by atoms with Crippen molar-refractivity contribution in [2.24, 2.45) is 0 Å². The number of amides is 2. The molecule has 18 heteroatoms. The number of aliphatic carboxylic acids is 1. The Hall–Kier alpha value is -9.19. The first-order valence-corrected chi connectivity index (χ1v) is 24.8. The number of H-pyrrole nitrogens is 5. The molecule has 10 rings (SSSR count). The van der Waals surface area contributed by atoms with Crippen molar-refractivity contribution >= 4 is 112 Å². The first-order chi connectivity index (χ1) is 36.9. The quantitative estimate of drug-likeness (QED) is 0.0406. The highest BCUT2D eigenvalue weighted by Gasteiger charge is 2.41. The monoisotopic (exact) mass is 1070 g/mol. The van der Waals surface area contributed by atoms with Gasteiger partial charge in [-0.05, 0) is 75.4 Å². The number of carbonyl (C=O) groups is 8. The van der Waals surface area contributed by atoms with Crippen LogP contribution in [-0.4, -0.2) is 139 Å². The van der Waals surface area contributed by atoms with Gasteiger partial charge in [-0.2, -0.15) is 0 Å². The fraction of sp³-hybridized carbons (Fsp3) is 0.200. The number of likely N-dealkylation sites (N-methyl/N-ethyl adjacent to an activating group) is 3. The molecule has 0 aliphatic carbocycles. The number of hydrogen-bond donors (Lipinski definition) is 6. The highest BCUT2D eigenvalue weighted by atomic mass is 35.5. The number of aromatic amines is 5. The number of fused-ring (bicyclic) bond motifs is 5. The van der Waals surface area contributed by atoms with E-state index in [1.54, 1.807) is 70.9 Å². The van der Waals surface area contributed by atoms with E-state index < -0.39 is 46.2 Å². The second kappa shape index (κ2) is 24.7. The topological polar surface area (TPSA) is 245 Å². The standard InChI is InChI=1S/C16H24N2.2C12H12N2O2.C10H6ClNO2.C10H7NO3/c1-15(2,16(3,4)18(5)6)13-11-17-14-10-8-7-9-12(13)14;2*1-14(2)12(16)11(15)9-7-13-10-6-4-3-5-8(9)10;11-10(14)9(13)7-5-12-8-4-2-1-3-6(7)8;12-9(10(13)14)7-5-11-8-4-2-1-3-6(7)8/h7-11,17H,1-6H3;2*3-7,13H,1-2H3;1-5,12H;1-5,11H,(H,13,14). The molecule has 0 saturated carbocycles. The van der Waals surface area contributed by atoms with Crippen LogP contribution in [0.15, 0.2) is 152 Å². The molecule has 5 aromatic heterocycles. The zero-order valence-electron chi connectivity index (χ0n) is 44.9. The average Bonchev–Trinajstić information content (AvgIpc) is 4.34. The minimum absolute atomic E-state index is 0.0656. The van der Waals surface area contributed by atoms with Crippen LogP contribution >= 0.6 is 11.6 Å². The molecule has 0 spiro atoms. The fourth-order valence-electron chi connectivity index (χ4n) is 8.37. The maximum Gasteiger partial charge on any atom is 0.377 e. The predicted molar refractivity (Wildman–Crippen MR) is 305 cm³/mol. The lowest BCUT2D eigenvalue weighted by Crippen LogP contribution is -2.52. The summed E-state index contributed by atoms with van der Waals surface area (Å²) >= 11 is 5.12. The van der Waals surface area contributed by atoms with Crippen molar-refractivity contribution in [2.45, 2.75) is 38.6 Å². The van der Waals surface area contributed by atoms with Crippen LogP contribution in [0.1, 0.15) is 74.7 Å². The summed E-state index contributed by atoms with van der Waals surface area (Å²) in [6, 6.07) is 37.6. The molecule has 5 aromatic carbocycles. The van der Waals surface area contributed by atoms with Crippen molar-refractivity contribution < 1.29 is 43.5 Å². The van der Waals surface area contributed by atoms with Crippen molar-refractivity contribution in [1.29, 1.82) is 0 Å². The molecular weight excluding hydrogens is 1010 g/mol. The highest BCUT2D eigenvalue weighted by molar-refractivity contribution is 6.83. The van der Waals surface area contributed by atoms with Gasteiger partial charge in [-0.3, -0.25) is 33.6 Å². The number of hydrogen-bond acceptors (Lipinski definition) is 9. The molecular formula is C60H61ClN8O9.